The number of hydrogen-bond donors (Lipinski definition) is 4. The lowest BCUT2D eigenvalue weighted by molar-refractivity contribution is -0.138. The van der Waals surface area contributed by atoms with Crippen molar-refractivity contribution in [2.45, 2.75) is 69.1 Å². The summed E-state index contributed by atoms with van der Waals surface area (Å²) in [6.45, 7) is 4.29. The molecule has 2 aromatic carbocycles. The van der Waals surface area contributed by atoms with Crippen LogP contribution in [0, 0.1) is 5.92 Å². The van der Waals surface area contributed by atoms with Gasteiger partial charge in [0, 0.05) is 74.4 Å². The van der Waals surface area contributed by atoms with E-state index in [1.165, 1.54) is 12.1 Å². The van der Waals surface area contributed by atoms with Crippen LogP contribution in [0.4, 0.5) is 30.4 Å². The summed E-state index contributed by atoms with van der Waals surface area (Å²) >= 11 is 0. The Morgan fingerprint density at radius 3 is 2.18 bits per heavy atom. The zero-order valence-corrected chi connectivity index (χ0v) is 35.7. The van der Waals surface area contributed by atoms with E-state index in [1.807, 2.05) is 11.0 Å². The van der Waals surface area contributed by atoms with E-state index in [-0.39, 0.29) is 64.5 Å². The molecule has 4 saturated heterocycles. The first kappa shape index (κ1) is 44.1. The van der Waals surface area contributed by atoms with Gasteiger partial charge in [0.25, 0.3) is 23.6 Å². The number of fused-ring (bicyclic) bond motifs is 1. The first-order valence-corrected chi connectivity index (χ1v) is 21.9. The van der Waals surface area contributed by atoms with Crippen LogP contribution in [-0.2, 0) is 20.6 Å². The van der Waals surface area contributed by atoms with Crippen LogP contribution in [0.2, 0.25) is 0 Å². The molecule has 344 valence electrons. The molecule has 20 heteroatoms. The number of nitrogens with zero attached hydrogens (tertiary/aromatic N) is 6. The van der Waals surface area contributed by atoms with Crippen LogP contribution in [-0.4, -0.2) is 117 Å². The molecule has 9 rings (SSSR count). The molecule has 4 aromatic rings. The summed E-state index contributed by atoms with van der Waals surface area (Å²) in [4.78, 5) is 101. The number of imide groups is 2. The Morgan fingerprint density at radius 1 is 0.833 bits per heavy atom. The fraction of sp³-hybridized carbons (Fsp3) is 0.391. The van der Waals surface area contributed by atoms with Crippen molar-refractivity contribution in [3.8, 4) is 5.69 Å². The van der Waals surface area contributed by atoms with E-state index in [9.17, 15) is 46.7 Å². The minimum absolute atomic E-state index is 0.0454. The Labute approximate surface area is 376 Å². The molecule has 66 heavy (non-hydrogen) atoms. The third kappa shape index (κ3) is 8.47. The summed E-state index contributed by atoms with van der Waals surface area (Å²) in [5, 5.41) is 4.59. The summed E-state index contributed by atoms with van der Waals surface area (Å²) in [7, 11) is 0. The number of nitrogens with two attached hydrogens (primary N) is 2. The number of anilines is 3. The van der Waals surface area contributed by atoms with Crippen molar-refractivity contribution in [1.29, 1.82) is 0 Å². The maximum absolute atomic E-state index is 13.5. The molecule has 17 nitrogen and oxygen atoms in total. The molecule has 1 atom stereocenters. The minimum atomic E-state index is -4.60. The van der Waals surface area contributed by atoms with E-state index in [0.29, 0.717) is 44.1 Å². The quantitative estimate of drug-likeness (QED) is 0.167. The molecule has 0 saturated carbocycles. The highest BCUT2D eigenvalue weighted by atomic mass is 19.4. The third-order valence-corrected chi connectivity index (χ3v) is 13.6. The predicted molar refractivity (Wildman–Crippen MR) is 232 cm³/mol. The second-order valence-electron chi connectivity index (χ2n) is 17.6. The van der Waals surface area contributed by atoms with Crippen LogP contribution in [0.15, 0.2) is 67.0 Å². The summed E-state index contributed by atoms with van der Waals surface area (Å²) in [6.07, 6.45) is 1.77. The summed E-state index contributed by atoms with van der Waals surface area (Å²) in [5.74, 6) is -3.48. The maximum atomic E-state index is 13.5. The number of nitrogen functional groups attached to an aromatic ring is 1. The smallest absolute Gasteiger partial charge is 0.397 e. The lowest BCUT2D eigenvalue weighted by atomic mass is 9.88. The SMILES string of the molecule is NC(=O)c1c(N)c(C2CCN(C(=O)CC3CCN(C4CN(c5ccc6c(c5)C(=O)N(C5CCC(=O)NC5=O)C6=O)C4)CC3)CC2)cn1-c1ccc(C(=O)Nc2cc(C(F)(F)F)ccn2)cc1. The average molecular weight is 909 g/mol. The fourth-order valence-electron chi connectivity index (χ4n) is 9.85. The average Bonchev–Trinajstić information content (AvgIpc) is 3.75. The number of halogens is 3. The van der Waals surface area contributed by atoms with E-state index in [1.54, 1.807) is 35.0 Å². The second-order valence-corrected chi connectivity index (χ2v) is 17.6. The molecule has 0 bridgehead atoms. The molecule has 5 aliphatic heterocycles. The summed E-state index contributed by atoms with van der Waals surface area (Å²) < 4.78 is 41.0. The first-order chi connectivity index (χ1) is 31.5. The molecule has 0 aliphatic carbocycles. The van der Waals surface area contributed by atoms with Crippen molar-refractivity contribution in [1.82, 2.24) is 29.6 Å². The van der Waals surface area contributed by atoms with Gasteiger partial charge in [-0.25, -0.2) is 4.98 Å². The van der Waals surface area contributed by atoms with Gasteiger partial charge in [-0.2, -0.15) is 13.2 Å². The predicted octanol–water partition coefficient (Wildman–Crippen LogP) is 3.92. The maximum Gasteiger partial charge on any atom is 0.416 e. The zero-order valence-electron chi connectivity index (χ0n) is 35.7. The number of rotatable bonds is 10. The molecular weight excluding hydrogens is 862 g/mol. The molecule has 6 N–H and O–H groups in total. The number of aromatic nitrogens is 2. The Bertz CT molecular complexity index is 2650. The van der Waals surface area contributed by atoms with Crippen LogP contribution in [0.3, 0.4) is 0 Å². The second kappa shape index (κ2) is 17.4. The number of benzene rings is 2. The van der Waals surface area contributed by atoms with E-state index in [0.717, 1.165) is 73.5 Å². The highest BCUT2D eigenvalue weighted by molar-refractivity contribution is 6.23. The molecule has 4 fully saturated rings. The third-order valence-electron chi connectivity index (χ3n) is 13.6. The van der Waals surface area contributed by atoms with E-state index >= 15 is 0 Å². The number of hydrogen-bond acceptors (Lipinski definition) is 11. The number of alkyl halides is 3. The van der Waals surface area contributed by atoms with Gasteiger partial charge < -0.3 is 31.2 Å². The van der Waals surface area contributed by atoms with Gasteiger partial charge in [0.1, 0.15) is 17.6 Å². The van der Waals surface area contributed by atoms with Crippen molar-refractivity contribution in [3.63, 3.8) is 0 Å². The van der Waals surface area contributed by atoms with Crippen LogP contribution >= 0.6 is 0 Å². The Hall–Kier alpha value is -7.09. The molecule has 7 heterocycles. The molecule has 7 amide bonds. The van der Waals surface area contributed by atoms with Crippen LogP contribution in [0.1, 0.15) is 104 Å². The van der Waals surface area contributed by atoms with Crippen molar-refractivity contribution in [3.05, 3.63) is 101 Å². The number of pyridine rings is 1. The fourth-order valence-corrected chi connectivity index (χ4v) is 9.85. The van der Waals surface area contributed by atoms with Crippen LogP contribution in [0.5, 0.6) is 0 Å². The van der Waals surface area contributed by atoms with Crippen LogP contribution < -0.4 is 27.0 Å². The Kier molecular flexibility index (Phi) is 11.6. The summed E-state index contributed by atoms with van der Waals surface area (Å²) in [6, 6.07) is 12.1. The molecular formula is C46H47F3N10O7. The highest BCUT2D eigenvalue weighted by Gasteiger charge is 2.45. The van der Waals surface area contributed by atoms with Gasteiger partial charge in [0.15, 0.2) is 0 Å². The van der Waals surface area contributed by atoms with Gasteiger partial charge >= 0.3 is 6.18 Å². The largest absolute Gasteiger partial charge is 0.416 e. The number of piperidine rings is 3. The highest BCUT2D eigenvalue weighted by Crippen LogP contribution is 2.38. The van der Waals surface area contributed by atoms with E-state index in [2.05, 4.69) is 25.4 Å². The van der Waals surface area contributed by atoms with Gasteiger partial charge in [0.2, 0.25) is 17.7 Å². The van der Waals surface area contributed by atoms with Crippen molar-refractivity contribution >= 4 is 58.5 Å². The number of carbonyl (C=O) groups is 7. The van der Waals surface area contributed by atoms with E-state index < -0.39 is 53.2 Å². The van der Waals surface area contributed by atoms with Gasteiger partial charge in [0.05, 0.1) is 22.4 Å². The first-order valence-electron chi connectivity index (χ1n) is 21.9. The van der Waals surface area contributed by atoms with Gasteiger partial charge in [-0.15, -0.1) is 0 Å². The number of amides is 7. The monoisotopic (exact) mass is 908 g/mol. The number of nitrogens with one attached hydrogen (secondary N) is 2. The number of carbonyl (C=O) groups excluding carboxylic acids is 7. The van der Waals surface area contributed by atoms with Gasteiger partial charge in [-0.05, 0) is 117 Å². The van der Waals surface area contributed by atoms with Crippen molar-refractivity contribution in [2.75, 3.05) is 55.2 Å². The molecule has 1 unspecified atom stereocenters. The van der Waals surface area contributed by atoms with Gasteiger partial charge in [-0.3, -0.25) is 48.7 Å². The van der Waals surface area contributed by atoms with Crippen molar-refractivity contribution < 1.29 is 46.7 Å². The Balaban J connectivity index is 0.741. The van der Waals surface area contributed by atoms with Crippen LogP contribution in [0.25, 0.3) is 5.69 Å². The number of primary amides is 1. The molecule has 0 spiro atoms. The van der Waals surface area contributed by atoms with Crippen molar-refractivity contribution in [2.24, 2.45) is 11.7 Å². The standard InChI is InChI=1S/C46H47F3N10O7/c47-46(48,49)28-9-14-52-36(20-28)53-42(63)27-1-3-29(4-2-27)58-24-34(39(50)40(58)41(51)62)26-12-17-56(18-13-26)38(61)19-25-10-15-55(16-11-25)31-22-57(23-31)30-5-6-32-33(21-30)45(66)59(44(32)65)35-7-8-37(60)54-43(35)64/h1-6,9,14,20-21,24-26,31,35H,7-8,10-13,15-19,22-23,50H2,(H2,51,62)(H,52,53,63)(H,54,60,64). The Morgan fingerprint density at radius 2 is 1.52 bits per heavy atom. The topological polar surface area (TPSA) is 226 Å². The summed E-state index contributed by atoms with van der Waals surface area (Å²) in [5.41, 5.74) is 14.4. The normalized spacial score (nSPS) is 20.0. The number of likely N-dealkylation sites (tertiary alicyclic amines) is 2. The lowest BCUT2D eigenvalue weighted by Gasteiger charge is -2.48. The molecule has 5 aliphatic rings. The molecule has 0 radical (unpaired) electrons. The zero-order chi connectivity index (χ0) is 46.6. The molecule has 2 aromatic heterocycles. The van der Waals surface area contributed by atoms with Gasteiger partial charge in [-0.1, -0.05) is 0 Å². The lowest BCUT2D eigenvalue weighted by Crippen LogP contribution is -2.61. The van der Waals surface area contributed by atoms with E-state index in [4.69, 9.17) is 11.5 Å². The minimum Gasteiger partial charge on any atom is -0.397 e.